The first-order valence-electron chi connectivity index (χ1n) is 11.5. The number of anilines is 2. The molecule has 3 aromatic rings. The summed E-state index contributed by atoms with van der Waals surface area (Å²) in [5.74, 6) is 3.33. The molecule has 0 spiro atoms. The van der Waals surface area contributed by atoms with Crippen molar-refractivity contribution in [1.82, 2.24) is 20.2 Å². The van der Waals surface area contributed by atoms with E-state index in [0.29, 0.717) is 29.5 Å². The molecule has 7 nitrogen and oxygen atoms in total. The number of methoxy groups -OCH3 is 1. The normalized spacial score (nSPS) is 20.2. The molecular weight excluding hydrogens is 421 g/mol. The highest BCUT2D eigenvalue weighted by Gasteiger charge is 2.35. The number of benzene rings is 2. The molecule has 33 heavy (non-hydrogen) atoms. The van der Waals surface area contributed by atoms with E-state index in [2.05, 4.69) is 25.5 Å². The zero-order valence-corrected chi connectivity index (χ0v) is 19.1. The molecule has 2 aliphatic rings. The van der Waals surface area contributed by atoms with Gasteiger partial charge in [0, 0.05) is 36.8 Å². The molecule has 2 fully saturated rings. The summed E-state index contributed by atoms with van der Waals surface area (Å²) in [7, 11) is 1.63. The quantitative estimate of drug-likeness (QED) is 0.506. The van der Waals surface area contributed by atoms with Crippen LogP contribution >= 0.6 is 0 Å². The monoisotopic (exact) mass is 451 g/mol. The predicted octanol–water partition coefficient (Wildman–Crippen LogP) is 3.75. The Morgan fingerprint density at radius 1 is 1.12 bits per heavy atom. The van der Waals surface area contributed by atoms with Crippen LogP contribution in [0.1, 0.15) is 12.0 Å². The number of nitrogens with one attached hydrogen (secondary N) is 2. The second-order valence-corrected chi connectivity index (χ2v) is 8.97. The van der Waals surface area contributed by atoms with Gasteiger partial charge in [-0.15, -0.1) is 0 Å². The summed E-state index contributed by atoms with van der Waals surface area (Å²) in [6.45, 7) is 8.07. The minimum Gasteiger partial charge on any atom is -0.493 e. The Balaban J connectivity index is 1.28. The van der Waals surface area contributed by atoms with E-state index in [4.69, 9.17) is 9.47 Å². The average Bonchev–Trinajstić information content (AvgIpc) is 3.41. The van der Waals surface area contributed by atoms with Gasteiger partial charge in [0.15, 0.2) is 11.5 Å². The van der Waals surface area contributed by atoms with Crippen LogP contribution in [0, 0.1) is 24.6 Å². The van der Waals surface area contributed by atoms with Crippen LogP contribution in [0.15, 0.2) is 36.7 Å². The molecule has 8 heteroatoms. The summed E-state index contributed by atoms with van der Waals surface area (Å²) in [4.78, 5) is 11.3. The average molecular weight is 452 g/mol. The molecule has 2 aliphatic heterocycles. The van der Waals surface area contributed by atoms with Gasteiger partial charge in [0.1, 0.15) is 18.0 Å². The van der Waals surface area contributed by atoms with Crippen LogP contribution in [-0.2, 0) is 0 Å². The minimum atomic E-state index is -0.234. The number of hydrogen-bond acceptors (Lipinski definition) is 7. The summed E-state index contributed by atoms with van der Waals surface area (Å²) >= 11 is 0. The summed E-state index contributed by atoms with van der Waals surface area (Å²) < 4.78 is 25.3. The number of nitrogens with zero attached hydrogens (tertiary/aromatic N) is 3. The fourth-order valence-corrected chi connectivity index (χ4v) is 4.90. The van der Waals surface area contributed by atoms with E-state index < -0.39 is 0 Å². The second-order valence-electron chi connectivity index (χ2n) is 8.97. The minimum absolute atomic E-state index is 0.234. The zero-order valence-electron chi connectivity index (χ0n) is 19.1. The van der Waals surface area contributed by atoms with Crippen LogP contribution in [0.3, 0.4) is 0 Å². The summed E-state index contributed by atoms with van der Waals surface area (Å²) in [6.07, 6.45) is 2.46. The lowest BCUT2D eigenvalue weighted by atomic mass is 10.0. The van der Waals surface area contributed by atoms with Gasteiger partial charge in [-0.3, -0.25) is 0 Å². The molecule has 0 radical (unpaired) electrons. The standard InChI is InChI=1S/C25H30FN5O2/c1-16-8-19(4-5-21(16)26)30-25-20-9-24(23(32-2)10-22(20)28-15-29-25)33-7-3-6-31-13-17-11-27-12-18(17)14-31/h4-5,8-10,15,17-18,27H,3,6-7,11-14H2,1-2H3,(H,28,29,30). The lowest BCUT2D eigenvalue weighted by Crippen LogP contribution is -2.27. The molecule has 174 valence electrons. The molecule has 2 N–H and O–H groups in total. The Kier molecular flexibility index (Phi) is 6.28. The molecule has 1 aromatic heterocycles. The van der Waals surface area contributed by atoms with Crippen molar-refractivity contribution in [3.05, 3.63) is 48.0 Å². The predicted molar refractivity (Wildman–Crippen MR) is 127 cm³/mol. The maximum Gasteiger partial charge on any atom is 0.162 e. The van der Waals surface area contributed by atoms with Gasteiger partial charge in [0.2, 0.25) is 0 Å². The molecule has 2 saturated heterocycles. The van der Waals surface area contributed by atoms with Crippen molar-refractivity contribution >= 4 is 22.4 Å². The van der Waals surface area contributed by atoms with Crippen molar-refractivity contribution in [2.75, 3.05) is 51.8 Å². The second kappa shape index (κ2) is 9.49. The molecule has 0 saturated carbocycles. The molecule has 5 rings (SSSR count). The zero-order chi connectivity index (χ0) is 22.8. The van der Waals surface area contributed by atoms with Gasteiger partial charge in [-0.05, 0) is 68.1 Å². The molecule has 0 amide bonds. The number of rotatable bonds is 8. The largest absolute Gasteiger partial charge is 0.493 e. The van der Waals surface area contributed by atoms with Crippen LogP contribution in [0.2, 0.25) is 0 Å². The molecule has 0 bridgehead atoms. The Labute approximate surface area is 193 Å². The molecule has 2 unspecified atom stereocenters. The van der Waals surface area contributed by atoms with E-state index in [1.807, 2.05) is 12.1 Å². The van der Waals surface area contributed by atoms with Crippen LogP contribution in [0.4, 0.5) is 15.9 Å². The fraction of sp³-hybridized carbons (Fsp3) is 0.440. The van der Waals surface area contributed by atoms with E-state index in [1.165, 1.54) is 25.5 Å². The Morgan fingerprint density at radius 3 is 2.70 bits per heavy atom. The molecular formula is C25H30FN5O2. The Morgan fingerprint density at radius 2 is 1.94 bits per heavy atom. The summed E-state index contributed by atoms with van der Waals surface area (Å²) in [5, 5.41) is 7.58. The first kappa shape index (κ1) is 21.9. The van der Waals surface area contributed by atoms with Crippen molar-refractivity contribution in [3.8, 4) is 11.5 Å². The SMILES string of the molecule is COc1cc2ncnc(Nc3ccc(F)c(C)c3)c2cc1OCCCN1CC2CNCC2C1. The van der Waals surface area contributed by atoms with Crippen LogP contribution in [0.5, 0.6) is 11.5 Å². The third-order valence-electron chi connectivity index (χ3n) is 6.68. The van der Waals surface area contributed by atoms with Crippen molar-refractivity contribution in [3.63, 3.8) is 0 Å². The first-order chi connectivity index (χ1) is 16.1. The fourth-order valence-electron chi connectivity index (χ4n) is 4.90. The highest BCUT2D eigenvalue weighted by molar-refractivity contribution is 5.93. The number of ether oxygens (including phenoxy) is 2. The first-order valence-corrected chi connectivity index (χ1v) is 11.5. The molecule has 0 aliphatic carbocycles. The van der Waals surface area contributed by atoms with Crippen molar-refractivity contribution < 1.29 is 13.9 Å². The third-order valence-corrected chi connectivity index (χ3v) is 6.68. The molecule has 3 heterocycles. The van der Waals surface area contributed by atoms with Gasteiger partial charge in [-0.1, -0.05) is 0 Å². The highest BCUT2D eigenvalue weighted by Crippen LogP contribution is 2.35. The number of likely N-dealkylation sites (tertiary alicyclic amines) is 1. The lowest BCUT2D eigenvalue weighted by molar-refractivity contribution is 0.247. The third kappa shape index (κ3) is 4.72. The van der Waals surface area contributed by atoms with Gasteiger partial charge in [-0.2, -0.15) is 0 Å². The van der Waals surface area contributed by atoms with Crippen LogP contribution < -0.4 is 20.1 Å². The lowest BCUT2D eigenvalue weighted by Gasteiger charge is -2.18. The number of aryl methyl sites for hydroxylation is 1. The molecule has 2 aromatic carbocycles. The molecule has 2 atom stereocenters. The maximum atomic E-state index is 13.6. The van der Waals surface area contributed by atoms with E-state index in [-0.39, 0.29) is 5.82 Å². The van der Waals surface area contributed by atoms with Crippen molar-refractivity contribution in [2.24, 2.45) is 11.8 Å². The van der Waals surface area contributed by atoms with Crippen molar-refractivity contribution in [2.45, 2.75) is 13.3 Å². The topological polar surface area (TPSA) is 71.5 Å². The highest BCUT2D eigenvalue weighted by atomic mass is 19.1. The number of fused-ring (bicyclic) bond motifs is 2. The van der Waals surface area contributed by atoms with Gasteiger partial charge < -0.3 is 25.0 Å². The summed E-state index contributed by atoms with van der Waals surface area (Å²) in [5.41, 5.74) is 2.08. The van der Waals surface area contributed by atoms with Gasteiger partial charge in [-0.25, -0.2) is 14.4 Å². The van der Waals surface area contributed by atoms with E-state index in [9.17, 15) is 4.39 Å². The van der Waals surface area contributed by atoms with Gasteiger partial charge in [0.25, 0.3) is 0 Å². The van der Waals surface area contributed by atoms with Crippen molar-refractivity contribution in [1.29, 1.82) is 0 Å². The maximum absolute atomic E-state index is 13.6. The Hall–Kier alpha value is -2.97. The number of aromatic nitrogens is 2. The smallest absolute Gasteiger partial charge is 0.162 e. The van der Waals surface area contributed by atoms with Crippen LogP contribution in [0.25, 0.3) is 10.9 Å². The van der Waals surface area contributed by atoms with Gasteiger partial charge in [0.05, 0.1) is 19.2 Å². The van der Waals surface area contributed by atoms with E-state index >= 15 is 0 Å². The van der Waals surface area contributed by atoms with E-state index in [1.54, 1.807) is 26.2 Å². The van der Waals surface area contributed by atoms with E-state index in [0.717, 1.165) is 54.5 Å². The number of halogens is 1. The van der Waals surface area contributed by atoms with Crippen LogP contribution in [-0.4, -0.2) is 61.3 Å². The summed E-state index contributed by atoms with van der Waals surface area (Å²) in [6, 6.07) is 8.68. The number of hydrogen-bond donors (Lipinski definition) is 2. The van der Waals surface area contributed by atoms with Gasteiger partial charge >= 0.3 is 0 Å². The Bertz CT molecular complexity index is 1130.